The zero-order valence-corrected chi connectivity index (χ0v) is 9.99. The largest absolute Gasteiger partial charge is 0.271 e. The van der Waals surface area contributed by atoms with E-state index in [9.17, 15) is 8.78 Å². The van der Waals surface area contributed by atoms with Gasteiger partial charge < -0.3 is 0 Å². The molecule has 0 aliphatic heterocycles. The first-order valence-electron chi connectivity index (χ1n) is 5.15. The first-order valence-corrected chi connectivity index (χ1v) is 6.30. The number of hydrogen-bond acceptors (Lipinski definition) is 3. The third kappa shape index (κ3) is 4.08. The molecule has 90 valence electrons. The molecule has 0 amide bonds. The van der Waals surface area contributed by atoms with E-state index in [0.717, 1.165) is 23.6 Å². The highest BCUT2D eigenvalue weighted by Crippen LogP contribution is 2.13. The van der Waals surface area contributed by atoms with Crippen molar-refractivity contribution < 1.29 is 8.78 Å². The van der Waals surface area contributed by atoms with Crippen molar-refractivity contribution in [2.75, 3.05) is 11.5 Å². The van der Waals surface area contributed by atoms with Crippen LogP contribution in [0.25, 0.3) is 0 Å². The van der Waals surface area contributed by atoms with Gasteiger partial charge in [-0.3, -0.25) is 11.3 Å². The van der Waals surface area contributed by atoms with E-state index in [4.69, 9.17) is 5.84 Å². The minimum Gasteiger partial charge on any atom is -0.271 e. The van der Waals surface area contributed by atoms with Crippen molar-refractivity contribution in [3.05, 3.63) is 35.4 Å². The Morgan fingerprint density at radius 1 is 1.44 bits per heavy atom. The summed E-state index contributed by atoms with van der Waals surface area (Å²) in [6, 6.07) is 3.44. The maximum atomic E-state index is 13.3. The first-order chi connectivity index (χ1) is 7.67. The molecular weight excluding hydrogens is 230 g/mol. The van der Waals surface area contributed by atoms with Gasteiger partial charge in [-0.15, -0.1) is 0 Å². The zero-order chi connectivity index (χ0) is 12.0. The van der Waals surface area contributed by atoms with Gasteiger partial charge in [-0.1, -0.05) is 6.92 Å². The molecule has 2 nitrogen and oxygen atoms in total. The molecule has 0 spiro atoms. The lowest BCUT2D eigenvalue weighted by Gasteiger charge is -2.15. The summed E-state index contributed by atoms with van der Waals surface area (Å²) in [6.45, 7) is 2.04. The summed E-state index contributed by atoms with van der Waals surface area (Å²) in [4.78, 5) is 0. The third-order valence-corrected chi connectivity index (χ3v) is 3.28. The Morgan fingerprint density at radius 2 is 2.19 bits per heavy atom. The second-order valence-electron chi connectivity index (χ2n) is 3.46. The summed E-state index contributed by atoms with van der Waals surface area (Å²) in [5.74, 6) is 6.32. The van der Waals surface area contributed by atoms with Gasteiger partial charge in [-0.2, -0.15) is 11.8 Å². The lowest BCUT2D eigenvalue weighted by molar-refractivity contribution is 0.538. The fourth-order valence-corrected chi connectivity index (χ4v) is 2.13. The Hall–Kier alpha value is -0.650. The smallest absolute Gasteiger partial charge is 0.126 e. The van der Waals surface area contributed by atoms with E-state index in [-0.39, 0.29) is 11.9 Å². The Labute approximate surface area is 98.6 Å². The molecule has 1 atom stereocenters. The standard InChI is InChI=1S/C11H16F2N2S/c1-2-16-7-10(15-14)6-8-5-9(12)3-4-11(8)13/h3-5,10,15H,2,6-7,14H2,1H3. The highest BCUT2D eigenvalue weighted by atomic mass is 32.2. The van der Waals surface area contributed by atoms with Gasteiger partial charge in [0.2, 0.25) is 0 Å². The second kappa shape index (κ2) is 6.83. The molecule has 1 rings (SSSR count). The summed E-state index contributed by atoms with van der Waals surface area (Å²) >= 11 is 1.71. The fourth-order valence-electron chi connectivity index (χ4n) is 1.39. The molecule has 5 heteroatoms. The number of rotatable bonds is 6. The second-order valence-corrected chi connectivity index (χ2v) is 4.78. The van der Waals surface area contributed by atoms with Crippen LogP contribution in [-0.4, -0.2) is 17.5 Å². The van der Waals surface area contributed by atoms with E-state index in [1.54, 1.807) is 11.8 Å². The molecular formula is C11H16F2N2S. The quantitative estimate of drug-likeness (QED) is 0.596. The summed E-state index contributed by atoms with van der Waals surface area (Å²) in [5, 5.41) is 0. The minimum absolute atomic E-state index is 0.0405. The van der Waals surface area contributed by atoms with Gasteiger partial charge in [0.1, 0.15) is 11.6 Å². The Balaban J connectivity index is 2.65. The molecule has 0 aromatic heterocycles. The normalized spacial score (nSPS) is 12.8. The van der Waals surface area contributed by atoms with Gasteiger partial charge in [-0.25, -0.2) is 8.78 Å². The number of nitrogens with one attached hydrogen (secondary N) is 1. The fraction of sp³-hybridized carbons (Fsp3) is 0.455. The number of thioether (sulfide) groups is 1. The van der Waals surface area contributed by atoms with Crippen LogP contribution in [0, 0.1) is 11.6 Å². The van der Waals surface area contributed by atoms with Crippen LogP contribution in [0.1, 0.15) is 12.5 Å². The van der Waals surface area contributed by atoms with Crippen LogP contribution in [0.2, 0.25) is 0 Å². The van der Waals surface area contributed by atoms with Crippen LogP contribution in [0.5, 0.6) is 0 Å². The Kier molecular flexibility index (Phi) is 5.73. The molecule has 0 bridgehead atoms. The van der Waals surface area contributed by atoms with Crippen molar-refractivity contribution in [1.82, 2.24) is 5.43 Å². The van der Waals surface area contributed by atoms with E-state index in [2.05, 4.69) is 5.43 Å². The summed E-state index contributed by atoms with van der Waals surface area (Å²) in [6.07, 6.45) is 0.396. The Morgan fingerprint density at radius 3 is 2.81 bits per heavy atom. The molecule has 0 aliphatic rings. The molecule has 0 heterocycles. The average Bonchev–Trinajstić information content (AvgIpc) is 2.28. The van der Waals surface area contributed by atoms with E-state index >= 15 is 0 Å². The molecule has 0 aliphatic carbocycles. The van der Waals surface area contributed by atoms with Crippen LogP contribution in [0.15, 0.2) is 18.2 Å². The topological polar surface area (TPSA) is 38.0 Å². The number of hydrogen-bond donors (Lipinski definition) is 2. The van der Waals surface area contributed by atoms with Crippen molar-refractivity contribution in [1.29, 1.82) is 0 Å². The predicted molar refractivity (Wildman–Crippen MR) is 64.2 cm³/mol. The van der Waals surface area contributed by atoms with Gasteiger partial charge in [0.05, 0.1) is 0 Å². The van der Waals surface area contributed by atoms with E-state index in [1.165, 1.54) is 6.07 Å². The van der Waals surface area contributed by atoms with Crippen LogP contribution in [0.4, 0.5) is 8.78 Å². The number of hydrazine groups is 1. The van der Waals surface area contributed by atoms with Crippen LogP contribution in [0.3, 0.4) is 0 Å². The third-order valence-electron chi connectivity index (χ3n) is 2.23. The van der Waals surface area contributed by atoms with Crippen LogP contribution in [-0.2, 0) is 6.42 Å². The van der Waals surface area contributed by atoms with Crippen molar-refractivity contribution in [2.45, 2.75) is 19.4 Å². The highest BCUT2D eigenvalue weighted by molar-refractivity contribution is 7.99. The monoisotopic (exact) mass is 246 g/mol. The molecule has 0 radical (unpaired) electrons. The predicted octanol–water partition coefficient (Wildman–Crippen LogP) is 2.09. The van der Waals surface area contributed by atoms with Crippen LogP contribution < -0.4 is 11.3 Å². The summed E-state index contributed by atoms with van der Waals surface area (Å²) in [7, 11) is 0. The number of halogens is 2. The molecule has 3 N–H and O–H groups in total. The maximum absolute atomic E-state index is 13.3. The van der Waals surface area contributed by atoms with Gasteiger partial charge in [0.25, 0.3) is 0 Å². The summed E-state index contributed by atoms with van der Waals surface area (Å²) in [5.41, 5.74) is 2.98. The van der Waals surface area contributed by atoms with Crippen molar-refractivity contribution in [3.8, 4) is 0 Å². The highest BCUT2D eigenvalue weighted by Gasteiger charge is 2.11. The van der Waals surface area contributed by atoms with Gasteiger partial charge >= 0.3 is 0 Å². The van der Waals surface area contributed by atoms with E-state index in [1.807, 2.05) is 6.92 Å². The zero-order valence-electron chi connectivity index (χ0n) is 9.17. The SMILES string of the molecule is CCSCC(Cc1cc(F)ccc1F)NN. The van der Waals surface area contributed by atoms with Crippen LogP contribution >= 0.6 is 11.8 Å². The van der Waals surface area contributed by atoms with Gasteiger partial charge in [0.15, 0.2) is 0 Å². The van der Waals surface area contributed by atoms with Gasteiger partial charge in [-0.05, 0) is 35.9 Å². The molecule has 0 saturated heterocycles. The molecule has 0 fully saturated rings. The number of nitrogens with two attached hydrogens (primary N) is 1. The lowest BCUT2D eigenvalue weighted by Crippen LogP contribution is -2.39. The summed E-state index contributed by atoms with van der Waals surface area (Å²) < 4.78 is 26.3. The van der Waals surface area contributed by atoms with Crippen molar-refractivity contribution >= 4 is 11.8 Å². The van der Waals surface area contributed by atoms with E-state index in [0.29, 0.717) is 12.0 Å². The van der Waals surface area contributed by atoms with Crippen molar-refractivity contribution in [3.63, 3.8) is 0 Å². The molecule has 0 saturated carbocycles. The molecule has 1 aromatic carbocycles. The first kappa shape index (κ1) is 13.4. The number of benzene rings is 1. The Bertz CT molecular complexity index is 334. The molecule has 1 unspecified atom stereocenters. The van der Waals surface area contributed by atoms with Crippen molar-refractivity contribution in [2.24, 2.45) is 5.84 Å². The van der Waals surface area contributed by atoms with E-state index < -0.39 is 5.82 Å². The molecule has 16 heavy (non-hydrogen) atoms. The minimum atomic E-state index is -0.421. The maximum Gasteiger partial charge on any atom is 0.126 e. The average molecular weight is 246 g/mol. The molecule has 1 aromatic rings. The van der Waals surface area contributed by atoms with Gasteiger partial charge in [0, 0.05) is 11.8 Å². The lowest BCUT2D eigenvalue weighted by atomic mass is 10.1.